The monoisotopic (exact) mass is 434 g/mol. The summed E-state index contributed by atoms with van der Waals surface area (Å²) in [6.07, 6.45) is 14.4. The van der Waals surface area contributed by atoms with Crippen LogP contribution in [0.1, 0.15) is 89.5 Å². The van der Waals surface area contributed by atoms with Gasteiger partial charge in [-0.2, -0.15) is 0 Å². The zero-order valence-electron chi connectivity index (χ0n) is 19.2. The normalized spacial score (nSPS) is 11.7. The number of alkyl carbamates (subject to hydrolysis) is 1. The molecule has 0 spiro atoms. The lowest BCUT2D eigenvalue weighted by molar-refractivity contribution is -0.123. The van der Waals surface area contributed by atoms with Gasteiger partial charge in [0.15, 0.2) is 0 Å². The Morgan fingerprint density at radius 2 is 1.42 bits per heavy atom. The summed E-state index contributed by atoms with van der Waals surface area (Å²) in [4.78, 5) is 24.0. The number of ether oxygens (including phenoxy) is 1. The van der Waals surface area contributed by atoms with Crippen LogP contribution in [0.5, 0.6) is 0 Å². The molecule has 6 nitrogen and oxygen atoms in total. The average molecular weight is 435 g/mol. The molecule has 0 bridgehead atoms. The molecule has 0 saturated heterocycles. The standard InChI is InChI=1S/C25H42N2O4/c1-2-3-4-5-6-7-8-9-10-11-12-16-19-26-24(29)23(20-28)27-25(30)31-21-22-17-14-13-15-18-22/h13-15,17-18,23,28H,2-12,16,19-21H2,1H3,(H,26,29)(H,27,30)/t23-/m0/s1. The number of aliphatic hydroxyl groups excluding tert-OH is 1. The number of unbranched alkanes of at least 4 members (excludes halogenated alkanes) is 11. The van der Waals surface area contributed by atoms with Crippen LogP contribution >= 0.6 is 0 Å². The molecule has 0 radical (unpaired) electrons. The highest BCUT2D eigenvalue weighted by Gasteiger charge is 2.20. The molecule has 1 rings (SSSR count). The fourth-order valence-electron chi connectivity index (χ4n) is 3.40. The van der Waals surface area contributed by atoms with Gasteiger partial charge >= 0.3 is 6.09 Å². The molecule has 2 amide bonds. The first-order chi connectivity index (χ1) is 15.2. The molecule has 31 heavy (non-hydrogen) atoms. The van der Waals surface area contributed by atoms with Crippen LogP contribution in [-0.4, -0.2) is 36.3 Å². The second kappa shape index (κ2) is 18.7. The second-order valence-electron chi connectivity index (χ2n) is 8.12. The molecular weight excluding hydrogens is 392 g/mol. The van der Waals surface area contributed by atoms with Crippen molar-refractivity contribution in [2.75, 3.05) is 13.2 Å². The SMILES string of the molecule is CCCCCCCCCCCCCCNC(=O)[C@H](CO)NC(=O)OCc1ccccc1. The van der Waals surface area contributed by atoms with E-state index in [9.17, 15) is 14.7 Å². The minimum atomic E-state index is -0.999. The van der Waals surface area contributed by atoms with Crippen molar-refractivity contribution in [2.45, 2.75) is 96.6 Å². The highest BCUT2D eigenvalue weighted by atomic mass is 16.5. The minimum Gasteiger partial charge on any atom is -0.445 e. The van der Waals surface area contributed by atoms with Crippen molar-refractivity contribution in [1.29, 1.82) is 0 Å². The molecule has 0 aliphatic heterocycles. The van der Waals surface area contributed by atoms with Crippen LogP contribution in [0.4, 0.5) is 4.79 Å². The third-order valence-corrected chi connectivity index (χ3v) is 5.33. The maximum absolute atomic E-state index is 12.1. The van der Waals surface area contributed by atoms with Crippen LogP contribution in [0.15, 0.2) is 30.3 Å². The second-order valence-corrected chi connectivity index (χ2v) is 8.12. The van der Waals surface area contributed by atoms with E-state index in [1.807, 2.05) is 30.3 Å². The predicted octanol–water partition coefficient (Wildman–Crippen LogP) is 5.09. The molecule has 0 fully saturated rings. The van der Waals surface area contributed by atoms with Crippen molar-refractivity contribution in [3.05, 3.63) is 35.9 Å². The number of carbonyl (C=O) groups is 2. The maximum atomic E-state index is 12.1. The summed E-state index contributed by atoms with van der Waals surface area (Å²) in [6.45, 7) is 2.45. The third kappa shape index (κ3) is 14.5. The smallest absolute Gasteiger partial charge is 0.408 e. The maximum Gasteiger partial charge on any atom is 0.408 e. The Morgan fingerprint density at radius 3 is 1.97 bits per heavy atom. The number of rotatable bonds is 18. The molecule has 0 aromatic heterocycles. The first-order valence-corrected chi connectivity index (χ1v) is 12.0. The average Bonchev–Trinajstić information content (AvgIpc) is 2.79. The van der Waals surface area contributed by atoms with Crippen LogP contribution < -0.4 is 10.6 Å². The lowest BCUT2D eigenvalue weighted by Gasteiger charge is -2.16. The van der Waals surface area contributed by atoms with E-state index < -0.39 is 18.7 Å². The van der Waals surface area contributed by atoms with Gasteiger partial charge in [0, 0.05) is 6.54 Å². The van der Waals surface area contributed by atoms with E-state index in [0.717, 1.165) is 18.4 Å². The zero-order valence-corrected chi connectivity index (χ0v) is 19.2. The number of benzene rings is 1. The van der Waals surface area contributed by atoms with Gasteiger partial charge in [0.1, 0.15) is 12.6 Å². The van der Waals surface area contributed by atoms with Gasteiger partial charge in [-0.3, -0.25) is 4.79 Å². The Morgan fingerprint density at radius 1 is 0.871 bits per heavy atom. The van der Waals surface area contributed by atoms with E-state index in [1.165, 1.54) is 64.2 Å². The quantitative estimate of drug-likeness (QED) is 0.281. The summed E-state index contributed by atoms with van der Waals surface area (Å²) in [5.41, 5.74) is 0.856. The van der Waals surface area contributed by atoms with E-state index in [4.69, 9.17) is 4.74 Å². The minimum absolute atomic E-state index is 0.116. The Labute approximate surface area is 188 Å². The molecule has 1 aromatic rings. The van der Waals surface area contributed by atoms with Gasteiger partial charge in [0.25, 0.3) is 0 Å². The summed E-state index contributed by atoms with van der Waals surface area (Å²) in [6, 6.07) is 8.29. The van der Waals surface area contributed by atoms with Crippen LogP contribution in [0.2, 0.25) is 0 Å². The highest BCUT2D eigenvalue weighted by molar-refractivity contribution is 5.85. The summed E-state index contributed by atoms with van der Waals surface area (Å²) in [5.74, 6) is -0.387. The summed E-state index contributed by atoms with van der Waals surface area (Å²) in [7, 11) is 0. The largest absolute Gasteiger partial charge is 0.445 e. The van der Waals surface area contributed by atoms with Gasteiger partial charge in [-0.15, -0.1) is 0 Å². The van der Waals surface area contributed by atoms with E-state index in [1.54, 1.807) is 0 Å². The molecule has 1 atom stereocenters. The highest BCUT2D eigenvalue weighted by Crippen LogP contribution is 2.11. The number of nitrogens with one attached hydrogen (secondary N) is 2. The summed E-state index contributed by atoms with van der Waals surface area (Å²) >= 11 is 0. The third-order valence-electron chi connectivity index (χ3n) is 5.33. The number of amides is 2. The zero-order chi connectivity index (χ0) is 22.6. The fourth-order valence-corrected chi connectivity index (χ4v) is 3.40. The molecule has 3 N–H and O–H groups in total. The lowest BCUT2D eigenvalue weighted by Crippen LogP contribution is -2.49. The number of aliphatic hydroxyl groups is 1. The van der Waals surface area contributed by atoms with E-state index >= 15 is 0 Å². The van der Waals surface area contributed by atoms with Crippen LogP contribution in [0.3, 0.4) is 0 Å². The summed E-state index contributed by atoms with van der Waals surface area (Å²) < 4.78 is 5.09. The molecule has 0 aliphatic carbocycles. The van der Waals surface area contributed by atoms with Gasteiger partial charge in [-0.1, -0.05) is 108 Å². The Balaban J connectivity index is 2.01. The van der Waals surface area contributed by atoms with E-state index in [2.05, 4.69) is 17.6 Å². The first-order valence-electron chi connectivity index (χ1n) is 12.0. The van der Waals surface area contributed by atoms with Crippen molar-refractivity contribution >= 4 is 12.0 Å². The van der Waals surface area contributed by atoms with Gasteiger partial charge in [0.05, 0.1) is 6.61 Å². The molecule has 6 heteroatoms. The Kier molecular flexibility index (Phi) is 16.2. The fraction of sp³-hybridized carbons (Fsp3) is 0.680. The molecular formula is C25H42N2O4. The van der Waals surface area contributed by atoms with Crippen LogP contribution in [-0.2, 0) is 16.1 Å². The van der Waals surface area contributed by atoms with Gasteiger partial charge in [-0.25, -0.2) is 4.79 Å². The first kappa shape index (κ1) is 27.0. The van der Waals surface area contributed by atoms with E-state index in [-0.39, 0.29) is 12.5 Å². The Bertz CT molecular complexity index is 580. The molecule has 0 saturated carbocycles. The summed E-state index contributed by atoms with van der Waals surface area (Å²) in [5, 5.41) is 14.6. The van der Waals surface area contributed by atoms with Crippen molar-refractivity contribution < 1.29 is 19.4 Å². The number of hydrogen-bond donors (Lipinski definition) is 3. The van der Waals surface area contributed by atoms with Crippen molar-refractivity contribution in [3.63, 3.8) is 0 Å². The topological polar surface area (TPSA) is 87.7 Å². The molecule has 176 valence electrons. The van der Waals surface area contributed by atoms with E-state index in [0.29, 0.717) is 6.54 Å². The molecule has 1 aromatic carbocycles. The van der Waals surface area contributed by atoms with Gasteiger partial charge < -0.3 is 20.5 Å². The van der Waals surface area contributed by atoms with Crippen LogP contribution in [0, 0.1) is 0 Å². The van der Waals surface area contributed by atoms with Gasteiger partial charge in [0.2, 0.25) is 5.91 Å². The van der Waals surface area contributed by atoms with Crippen molar-refractivity contribution in [1.82, 2.24) is 10.6 Å². The van der Waals surface area contributed by atoms with Crippen molar-refractivity contribution in [3.8, 4) is 0 Å². The lowest BCUT2D eigenvalue weighted by atomic mass is 10.1. The van der Waals surface area contributed by atoms with Crippen molar-refractivity contribution in [2.24, 2.45) is 0 Å². The molecule has 0 heterocycles. The number of hydrogen-bond acceptors (Lipinski definition) is 4. The molecule has 0 aliphatic rings. The Hall–Kier alpha value is -2.08. The predicted molar refractivity (Wildman–Crippen MR) is 125 cm³/mol. The number of carbonyl (C=O) groups excluding carboxylic acids is 2. The van der Waals surface area contributed by atoms with Gasteiger partial charge in [-0.05, 0) is 12.0 Å². The van der Waals surface area contributed by atoms with Crippen LogP contribution in [0.25, 0.3) is 0 Å². The molecule has 0 unspecified atom stereocenters.